The number of hydrogen-bond acceptors (Lipinski definition) is 5. The fourth-order valence-electron chi connectivity index (χ4n) is 2.17. The van der Waals surface area contributed by atoms with Gasteiger partial charge in [-0.25, -0.2) is 0 Å². The summed E-state index contributed by atoms with van der Waals surface area (Å²) in [6.45, 7) is 8.00. The number of rotatable bonds is 10. The summed E-state index contributed by atoms with van der Waals surface area (Å²) in [4.78, 5) is 12.0. The molecule has 136 valence electrons. The lowest BCUT2D eigenvalue weighted by Gasteiger charge is -2.13. The molecule has 0 saturated carbocycles. The smallest absolute Gasteiger partial charge is 0.230 e. The molecule has 0 bridgehead atoms. The van der Waals surface area contributed by atoms with Crippen LogP contribution in [0.15, 0.2) is 41.8 Å². The summed E-state index contributed by atoms with van der Waals surface area (Å²) in [6, 6.07) is 10.4. The Morgan fingerprint density at radius 2 is 2.04 bits per heavy atom. The minimum atomic E-state index is -0.00165. The minimum Gasteiger partial charge on any atom is -0.376 e. The third-order valence-corrected chi connectivity index (χ3v) is 4.55. The van der Waals surface area contributed by atoms with Gasteiger partial charge in [0.1, 0.15) is 6.33 Å². The monoisotopic (exact) mass is 362 g/mol. The molecule has 0 fully saturated rings. The molecule has 1 aromatic heterocycles. The van der Waals surface area contributed by atoms with Crippen molar-refractivity contribution in [3.8, 4) is 0 Å². The Balaban J connectivity index is 1.61. The highest BCUT2D eigenvalue weighted by molar-refractivity contribution is 7.99. The van der Waals surface area contributed by atoms with E-state index in [0.717, 1.165) is 10.7 Å². The van der Waals surface area contributed by atoms with Crippen LogP contribution >= 0.6 is 11.8 Å². The molecule has 0 saturated heterocycles. The number of nitrogens with one attached hydrogen (secondary N) is 1. The molecular weight excluding hydrogens is 336 g/mol. The van der Waals surface area contributed by atoms with Gasteiger partial charge in [0.05, 0.1) is 19.0 Å². The first-order valence-corrected chi connectivity index (χ1v) is 9.45. The average molecular weight is 362 g/mol. The summed E-state index contributed by atoms with van der Waals surface area (Å²) < 4.78 is 7.65. The third-order valence-electron chi connectivity index (χ3n) is 3.59. The highest BCUT2D eigenvalue weighted by Crippen LogP contribution is 2.18. The van der Waals surface area contributed by atoms with Gasteiger partial charge in [0.2, 0.25) is 5.91 Å². The molecule has 1 amide bonds. The molecular formula is C18H26N4O2S. The summed E-state index contributed by atoms with van der Waals surface area (Å²) in [5, 5.41) is 11.7. The van der Waals surface area contributed by atoms with Gasteiger partial charge in [-0.2, -0.15) is 0 Å². The van der Waals surface area contributed by atoms with Crippen LogP contribution in [0.25, 0.3) is 0 Å². The number of thioether (sulfide) groups is 1. The number of amides is 1. The lowest BCUT2D eigenvalue weighted by molar-refractivity contribution is -0.118. The average Bonchev–Trinajstić information content (AvgIpc) is 3.08. The number of carbonyl (C=O) groups excluding carboxylic acids is 1. The van der Waals surface area contributed by atoms with Crippen molar-refractivity contribution in [3.05, 3.63) is 42.2 Å². The third kappa shape index (κ3) is 6.88. The predicted octanol–water partition coefficient (Wildman–Crippen LogP) is 2.92. The fraction of sp³-hybridized carbons (Fsp3) is 0.500. The van der Waals surface area contributed by atoms with E-state index in [9.17, 15) is 4.79 Å². The van der Waals surface area contributed by atoms with E-state index >= 15 is 0 Å². The molecule has 6 nitrogen and oxygen atoms in total. The number of carbonyl (C=O) groups is 1. The van der Waals surface area contributed by atoms with Crippen molar-refractivity contribution in [2.24, 2.45) is 5.92 Å². The predicted molar refractivity (Wildman–Crippen MR) is 99.4 cm³/mol. The molecule has 1 aromatic carbocycles. The van der Waals surface area contributed by atoms with Crippen LogP contribution in [0.5, 0.6) is 0 Å². The van der Waals surface area contributed by atoms with Crippen LogP contribution in [0.4, 0.5) is 0 Å². The maximum Gasteiger partial charge on any atom is 0.230 e. The summed E-state index contributed by atoms with van der Waals surface area (Å²) >= 11 is 1.40. The van der Waals surface area contributed by atoms with Crippen molar-refractivity contribution in [2.75, 3.05) is 18.9 Å². The summed E-state index contributed by atoms with van der Waals surface area (Å²) in [7, 11) is 0. The van der Waals surface area contributed by atoms with Gasteiger partial charge in [-0.1, -0.05) is 49.0 Å². The van der Waals surface area contributed by atoms with E-state index in [4.69, 9.17) is 4.74 Å². The van der Waals surface area contributed by atoms with Crippen molar-refractivity contribution < 1.29 is 9.53 Å². The zero-order chi connectivity index (χ0) is 18.1. The van der Waals surface area contributed by atoms with Crippen LogP contribution in [0.2, 0.25) is 0 Å². The minimum absolute atomic E-state index is 0.00165. The highest BCUT2D eigenvalue weighted by Gasteiger charge is 2.11. The fourth-order valence-corrected chi connectivity index (χ4v) is 3.04. The van der Waals surface area contributed by atoms with Crippen molar-refractivity contribution in [3.63, 3.8) is 0 Å². The van der Waals surface area contributed by atoms with Gasteiger partial charge >= 0.3 is 0 Å². The largest absolute Gasteiger partial charge is 0.376 e. The lowest BCUT2D eigenvalue weighted by Crippen LogP contribution is -2.31. The highest BCUT2D eigenvalue weighted by atomic mass is 32.2. The zero-order valence-electron chi connectivity index (χ0n) is 15.0. The van der Waals surface area contributed by atoms with Crippen LogP contribution in [0, 0.1) is 5.92 Å². The molecule has 2 aromatic rings. The van der Waals surface area contributed by atoms with E-state index in [0.29, 0.717) is 25.5 Å². The molecule has 25 heavy (non-hydrogen) atoms. The topological polar surface area (TPSA) is 69.0 Å². The van der Waals surface area contributed by atoms with Crippen molar-refractivity contribution in [1.82, 2.24) is 20.1 Å². The van der Waals surface area contributed by atoms with E-state index in [-0.39, 0.29) is 17.9 Å². The van der Waals surface area contributed by atoms with E-state index in [1.807, 2.05) is 34.9 Å². The standard InChI is InChI=1S/C18H26N4O2S/c1-14(2)22-13-20-21-18(22)25-12-17(23)19-9-15(3)10-24-11-16-7-5-4-6-8-16/h4-8,13-15H,9-12H2,1-3H3,(H,19,23). The Morgan fingerprint density at radius 3 is 2.76 bits per heavy atom. The van der Waals surface area contributed by atoms with Gasteiger partial charge in [0, 0.05) is 12.6 Å². The Morgan fingerprint density at radius 1 is 1.28 bits per heavy atom. The van der Waals surface area contributed by atoms with Crippen LogP contribution in [0.3, 0.4) is 0 Å². The Kier molecular flexibility index (Phi) is 7.94. The molecule has 1 atom stereocenters. The molecule has 0 aliphatic carbocycles. The van der Waals surface area contributed by atoms with Crippen molar-refractivity contribution in [1.29, 1.82) is 0 Å². The molecule has 1 unspecified atom stereocenters. The van der Waals surface area contributed by atoms with E-state index in [1.54, 1.807) is 6.33 Å². The summed E-state index contributed by atoms with van der Waals surface area (Å²) in [6.07, 6.45) is 1.69. The quantitative estimate of drug-likeness (QED) is 0.658. The first kappa shape index (κ1) is 19.5. The second kappa shape index (κ2) is 10.2. The van der Waals surface area contributed by atoms with Gasteiger partial charge in [0.15, 0.2) is 5.16 Å². The molecule has 0 aliphatic heterocycles. The molecule has 1 heterocycles. The van der Waals surface area contributed by atoms with Crippen molar-refractivity contribution in [2.45, 2.75) is 38.6 Å². The molecule has 0 spiro atoms. The Labute approximate surface area is 153 Å². The van der Waals surface area contributed by atoms with Crippen LogP contribution in [-0.2, 0) is 16.1 Å². The summed E-state index contributed by atoms with van der Waals surface area (Å²) in [5.41, 5.74) is 1.16. The molecule has 2 rings (SSSR count). The zero-order valence-corrected chi connectivity index (χ0v) is 15.8. The lowest BCUT2D eigenvalue weighted by atomic mass is 10.2. The second-order valence-electron chi connectivity index (χ2n) is 6.31. The second-order valence-corrected chi connectivity index (χ2v) is 7.26. The number of hydrogen-bond donors (Lipinski definition) is 1. The number of ether oxygens (including phenoxy) is 1. The van der Waals surface area contributed by atoms with Gasteiger partial charge in [-0.3, -0.25) is 4.79 Å². The first-order chi connectivity index (χ1) is 12.1. The van der Waals surface area contributed by atoms with E-state index in [1.165, 1.54) is 11.8 Å². The van der Waals surface area contributed by atoms with E-state index < -0.39 is 0 Å². The van der Waals surface area contributed by atoms with Gasteiger partial charge in [-0.05, 0) is 25.3 Å². The summed E-state index contributed by atoms with van der Waals surface area (Å²) in [5.74, 6) is 0.596. The Bertz CT molecular complexity index is 646. The van der Waals surface area contributed by atoms with Gasteiger partial charge < -0.3 is 14.6 Å². The van der Waals surface area contributed by atoms with Gasteiger partial charge in [0.25, 0.3) is 0 Å². The number of aromatic nitrogens is 3. The SMILES string of the molecule is CC(CNC(=O)CSc1nncn1C(C)C)COCc1ccccc1. The molecule has 0 radical (unpaired) electrons. The first-order valence-electron chi connectivity index (χ1n) is 8.47. The number of nitrogens with zero attached hydrogens (tertiary/aromatic N) is 3. The van der Waals surface area contributed by atoms with Crippen LogP contribution in [-0.4, -0.2) is 39.6 Å². The molecule has 1 N–H and O–H groups in total. The number of benzene rings is 1. The van der Waals surface area contributed by atoms with Crippen LogP contribution < -0.4 is 5.32 Å². The van der Waals surface area contributed by atoms with Crippen LogP contribution in [0.1, 0.15) is 32.4 Å². The maximum atomic E-state index is 12.0. The van der Waals surface area contributed by atoms with Crippen molar-refractivity contribution >= 4 is 17.7 Å². The normalized spacial score (nSPS) is 12.3. The van der Waals surface area contributed by atoms with E-state index in [2.05, 4.69) is 36.3 Å². The molecule has 0 aliphatic rings. The van der Waals surface area contributed by atoms with Gasteiger partial charge in [-0.15, -0.1) is 10.2 Å². The Hall–Kier alpha value is -1.86. The molecule has 7 heteroatoms. The maximum absolute atomic E-state index is 12.0.